The van der Waals surface area contributed by atoms with E-state index >= 15 is 0 Å². The van der Waals surface area contributed by atoms with E-state index in [0.29, 0.717) is 35.2 Å². The van der Waals surface area contributed by atoms with Crippen LogP contribution in [0.2, 0.25) is 0 Å². The molecule has 5 N–H and O–H groups in total. The molecule has 0 aromatic heterocycles. The number of hydrogen-bond donors (Lipinski definition) is 4. The largest absolute Gasteiger partial charge is 0.508 e. The molecule has 0 saturated carbocycles. The molecule has 45 heavy (non-hydrogen) atoms. The molecule has 1 heterocycles. The number of urea groups is 1. The monoisotopic (exact) mass is 617 g/mol. The van der Waals surface area contributed by atoms with Gasteiger partial charge in [0.25, 0.3) is 0 Å². The minimum absolute atomic E-state index is 0.113. The van der Waals surface area contributed by atoms with Crippen molar-refractivity contribution >= 4 is 23.6 Å². The van der Waals surface area contributed by atoms with Crippen molar-refractivity contribution in [3.05, 3.63) is 89.5 Å². The molecule has 0 bridgehead atoms. The van der Waals surface area contributed by atoms with Gasteiger partial charge in [-0.15, -0.1) is 0 Å². The average molecular weight is 618 g/mol. The van der Waals surface area contributed by atoms with E-state index in [1.54, 1.807) is 62.4 Å². The Hall–Kier alpha value is -4.41. The molecule has 1 unspecified atom stereocenters. The Morgan fingerprint density at radius 3 is 2.36 bits per heavy atom. The number of rotatable bonds is 11. The number of ether oxygens (including phenoxy) is 1. The van der Waals surface area contributed by atoms with Crippen LogP contribution in [-0.4, -0.2) is 75.3 Å². The number of nitrogens with two attached hydrogens (primary N) is 1. The van der Waals surface area contributed by atoms with Gasteiger partial charge in [-0.05, 0) is 93.6 Å². The number of aromatic hydroxyl groups is 2. The normalized spacial score (nSPS) is 18.6. The molecule has 1 aliphatic heterocycles. The maximum absolute atomic E-state index is 14.1. The summed E-state index contributed by atoms with van der Waals surface area (Å²) in [4.78, 5) is 41.6. The van der Waals surface area contributed by atoms with Crippen LogP contribution in [0.1, 0.15) is 61.5 Å². The fourth-order valence-corrected chi connectivity index (χ4v) is 6.20. The highest BCUT2D eigenvalue weighted by Gasteiger charge is 2.42. The van der Waals surface area contributed by atoms with Crippen LogP contribution in [0.4, 0.5) is 10.5 Å². The third kappa shape index (κ3) is 9.06. The predicted octanol–water partition coefficient (Wildman–Crippen LogP) is 5.18. The second-order valence-electron chi connectivity index (χ2n) is 12.2. The Labute approximate surface area is 265 Å². The topological polar surface area (TPSA) is 142 Å². The van der Waals surface area contributed by atoms with Crippen LogP contribution in [0.5, 0.6) is 11.5 Å². The molecule has 1 saturated heterocycles. The average Bonchev–Trinajstić information content (AvgIpc) is 2.98. The van der Waals surface area contributed by atoms with Crippen LogP contribution >= 0.6 is 0 Å². The molecule has 3 aromatic carbocycles. The summed E-state index contributed by atoms with van der Waals surface area (Å²) in [6.07, 6.45) is 2.29. The van der Waals surface area contributed by atoms with Crippen molar-refractivity contribution in [2.45, 2.75) is 71.2 Å². The van der Waals surface area contributed by atoms with Crippen molar-refractivity contribution in [2.24, 2.45) is 5.73 Å². The van der Waals surface area contributed by atoms with Gasteiger partial charge in [0.05, 0.1) is 36.8 Å². The van der Waals surface area contributed by atoms with E-state index in [2.05, 4.69) is 12.2 Å². The number of carbonyl (C=O) groups excluding carboxylic acids is 3. The second kappa shape index (κ2) is 15.0. The van der Waals surface area contributed by atoms with Crippen LogP contribution in [0.25, 0.3) is 0 Å². The van der Waals surface area contributed by atoms with E-state index in [1.165, 1.54) is 17.0 Å². The number of amides is 3. The SMILES string of the molecule is CCC[N+]1(Cc2cccc(O)c2)CCC[C@H](N(C(=O)Nc2ccc(C(=O)OC(C)C)cc2)C(=O)[C@@H](N)Cc2ccc(O)cc2)C1. The smallest absolute Gasteiger partial charge is 0.338 e. The van der Waals surface area contributed by atoms with Crippen LogP contribution < -0.4 is 11.1 Å². The fourth-order valence-electron chi connectivity index (χ4n) is 6.20. The number of phenols is 2. The number of quaternary nitrogens is 1. The molecular weight excluding hydrogens is 572 g/mol. The predicted molar refractivity (Wildman–Crippen MR) is 173 cm³/mol. The molecule has 3 aromatic rings. The van der Waals surface area contributed by atoms with Gasteiger partial charge in [0.2, 0.25) is 5.91 Å². The van der Waals surface area contributed by atoms with E-state index in [4.69, 9.17) is 10.5 Å². The lowest BCUT2D eigenvalue weighted by Gasteiger charge is -2.47. The number of piperidine rings is 1. The summed E-state index contributed by atoms with van der Waals surface area (Å²) in [6, 6.07) is 18.1. The number of anilines is 1. The minimum Gasteiger partial charge on any atom is -0.508 e. The van der Waals surface area contributed by atoms with Crippen LogP contribution in [0, 0.1) is 0 Å². The molecule has 3 amide bonds. The molecule has 1 aliphatic rings. The van der Waals surface area contributed by atoms with Crippen molar-refractivity contribution in [3.8, 4) is 11.5 Å². The first-order chi connectivity index (χ1) is 21.5. The first-order valence-electron chi connectivity index (χ1n) is 15.6. The van der Waals surface area contributed by atoms with Gasteiger partial charge in [0.15, 0.2) is 0 Å². The van der Waals surface area contributed by atoms with Crippen molar-refractivity contribution in [3.63, 3.8) is 0 Å². The van der Waals surface area contributed by atoms with Crippen LogP contribution in [0.15, 0.2) is 72.8 Å². The summed E-state index contributed by atoms with van der Waals surface area (Å²) in [6.45, 7) is 8.61. The van der Waals surface area contributed by atoms with Gasteiger partial charge in [-0.1, -0.05) is 31.2 Å². The third-order valence-corrected chi connectivity index (χ3v) is 8.14. The summed E-state index contributed by atoms with van der Waals surface area (Å²) in [5, 5.41) is 22.6. The number of esters is 1. The van der Waals surface area contributed by atoms with Gasteiger partial charge >= 0.3 is 12.0 Å². The lowest BCUT2D eigenvalue weighted by Crippen LogP contribution is -2.63. The van der Waals surface area contributed by atoms with E-state index < -0.39 is 30.0 Å². The van der Waals surface area contributed by atoms with Crippen LogP contribution in [-0.2, 0) is 22.5 Å². The highest BCUT2D eigenvalue weighted by Crippen LogP contribution is 2.29. The summed E-state index contributed by atoms with van der Waals surface area (Å²) in [5.41, 5.74) is 9.00. The highest BCUT2D eigenvalue weighted by atomic mass is 16.5. The minimum atomic E-state index is -0.991. The van der Waals surface area contributed by atoms with Gasteiger partial charge in [-0.2, -0.15) is 0 Å². The maximum atomic E-state index is 14.1. The standard InChI is InChI=1S/C35H44N4O6/c1-4-18-39(22-26-7-5-9-31(41)20-26)19-6-8-29(23-39)38(33(42)32(36)21-25-10-16-30(40)17-11-25)35(44)37-28-14-12-27(13-15-28)34(43)45-24(2)3/h5,7,9-17,20,24,29,32H,4,6,8,18-19,21-23,36H2,1-3H3,(H2-,37,40,41,43,44)/p+1/t29-,32-,39?/m0/s1. The number of nitrogens with zero attached hydrogens (tertiary/aromatic N) is 2. The van der Waals surface area contributed by atoms with E-state index in [0.717, 1.165) is 37.1 Å². The zero-order valence-corrected chi connectivity index (χ0v) is 26.3. The summed E-state index contributed by atoms with van der Waals surface area (Å²) >= 11 is 0. The van der Waals surface area contributed by atoms with E-state index in [-0.39, 0.29) is 24.0 Å². The van der Waals surface area contributed by atoms with Gasteiger partial charge in [0, 0.05) is 11.3 Å². The quantitative estimate of drug-likeness (QED) is 0.172. The zero-order chi connectivity index (χ0) is 32.6. The molecule has 240 valence electrons. The molecule has 3 atom stereocenters. The van der Waals surface area contributed by atoms with Crippen molar-refractivity contribution < 1.29 is 33.8 Å². The number of benzene rings is 3. The number of nitrogens with one attached hydrogen (secondary N) is 1. The zero-order valence-electron chi connectivity index (χ0n) is 26.3. The molecule has 10 heteroatoms. The van der Waals surface area contributed by atoms with Gasteiger partial charge in [0.1, 0.15) is 24.6 Å². The molecule has 4 rings (SSSR count). The summed E-state index contributed by atoms with van der Waals surface area (Å²) in [5.74, 6) is -0.631. The van der Waals surface area contributed by atoms with Crippen molar-refractivity contribution in [1.82, 2.24) is 4.90 Å². The molecule has 0 spiro atoms. The van der Waals surface area contributed by atoms with Gasteiger partial charge in [-0.3, -0.25) is 9.69 Å². The molecule has 0 radical (unpaired) electrons. The van der Waals surface area contributed by atoms with Crippen molar-refractivity contribution in [2.75, 3.05) is 25.0 Å². The first kappa shape index (κ1) is 33.5. The lowest BCUT2D eigenvalue weighted by atomic mass is 9.97. The number of phenolic OH excluding ortho intramolecular Hbond substituents is 2. The Morgan fingerprint density at radius 2 is 1.71 bits per heavy atom. The third-order valence-electron chi connectivity index (χ3n) is 8.14. The first-order valence-corrected chi connectivity index (χ1v) is 15.6. The summed E-state index contributed by atoms with van der Waals surface area (Å²) < 4.78 is 5.92. The number of carbonyl (C=O) groups is 3. The fraction of sp³-hybridized carbons (Fsp3) is 0.400. The highest BCUT2D eigenvalue weighted by molar-refractivity contribution is 6.03. The van der Waals surface area contributed by atoms with E-state index in [9.17, 15) is 24.6 Å². The number of imide groups is 1. The van der Waals surface area contributed by atoms with E-state index in [1.807, 2.05) is 12.1 Å². The Bertz CT molecular complexity index is 1460. The summed E-state index contributed by atoms with van der Waals surface area (Å²) in [7, 11) is 0. The second-order valence-corrected chi connectivity index (χ2v) is 12.2. The Kier molecular flexibility index (Phi) is 11.2. The Morgan fingerprint density at radius 1 is 1.00 bits per heavy atom. The van der Waals surface area contributed by atoms with Gasteiger partial charge < -0.3 is 30.5 Å². The maximum Gasteiger partial charge on any atom is 0.338 e. The molecule has 0 aliphatic carbocycles. The Balaban J connectivity index is 1.60. The lowest BCUT2D eigenvalue weighted by molar-refractivity contribution is -0.946. The molecule has 10 nitrogen and oxygen atoms in total. The van der Waals surface area contributed by atoms with Crippen molar-refractivity contribution in [1.29, 1.82) is 0 Å². The van der Waals surface area contributed by atoms with Gasteiger partial charge in [-0.25, -0.2) is 9.59 Å². The molecular formula is C35H45N4O6+. The van der Waals surface area contributed by atoms with Crippen LogP contribution in [0.3, 0.4) is 0 Å². The number of likely N-dealkylation sites (tertiary alicyclic amines) is 1. The number of hydrogen-bond acceptors (Lipinski definition) is 7. The molecule has 1 fully saturated rings.